The predicted molar refractivity (Wildman–Crippen MR) is 67.9 cm³/mol. The number of aryl methyl sites for hydroxylation is 1. The van der Waals surface area contributed by atoms with Gasteiger partial charge in [-0.3, -0.25) is 0 Å². The minimum Gasteiger partial charge on any atom is -0.235 e. The quantitative estimate of drug-likeness (QED) is 0.650. The maximum absolute atomic E-state index is 8.97. The van der Waals surface area contributed by atoms with Crippen LogP contribution in [0.1, 0.15) is 11.3 Å². The van der Waals surface area contributed by atoms with Gasteiger partial charge in [-0.25, -0.2) is 9.50 Å². The van der Waals surface area contributed by atoms with Crippen LogP contribution >= 0.6 is 0 Å². The van der Waals surface area contributed by atoms with Crippen LogP contribution in [-0.2, 0) is 0 Å². The second kappa shape index (κ2) is 3.97. The molecule has 0 bridgehead atoms. The molecule has 0 saturated carbocycles. The van der Waals surface area contributed by atoms with E-state index in [0.717, 1.165) is 22.5 Å². The lowest BCUT2D eigenvalue weighted by Crippen LogP contribution is -1.98. The number of benzene rings is 1. The fraction of sp³-hybridized carbons (Fsp3) is 0.0714. The standard InChI is InChI=1S/C14H10N4/c1-10-12(7-15)8-16-14-13(9-17-18(10)14)11-5-3-2-4-6-11/h2-6,8-9H,1H3. The number of hydrogen-bond acceptors (Lipinski definition) is 3. The van der Waals surface area contributed by atoms with Gasteiger partial charge in [-0.2, -0.15) is 10.4 Å². The van der Waals surface area contributed by atoms with Crippen LogP contribution in [-0.4, -0.2) is 14.6 Å². The van der Waals surface area contributed by atoms with Crippen LogP contribution in [0.15, 0.2) is 42.7 Å². The number of fused-ring (bicyclic) bond motifs is 1. The van der Waals surface area contributed by atoms with Gasteiger partial charge in [0.1, 0.15) is 6.07 Å². The molecule has 0 N–H and O–H groups in total. The zero-order valence-electron chi connectivity index (χ0n) is 9.83. The lowest BCUT2D eigenvalue weighted by molar-refractivity contribution is 0.889. The molecule has 0 saturated heterocycles. The van der Waals surface area contributed by atoms with Crippen LogP contribution in [0.5, 0.6) is 0 Å². The number of nitriles is 1. The molecule has 0 radical (unpaired) electrons. The van der Waals surface area contributed by atoms with Crippen LogP contribution in [0.4, 0.5) is 0 Å². The van der Waals surface area contributed by atoms with Crippen molar-refractivity contribution in [1.29, 1.82) is 5.26 Å². The Hall–Kier alpha value is -2.67. The molecular weight excluding hydrogens is 224 g/mol. The minimum absolute atomic E-state index is 0.546. The maximum atomic E-state index is 8.97. The summed E-state index contributed by atoms with van der Waals surface area (Å²) in [4.78, 5) is 4.33. The molecule has 0 amide bonds. The summed E-state index contributed by atoms with van der Waals surface area (Å²) < 4.78 is 1.71. The van der Waals surface area contributed by atoms with Crippen molar-refractivity contribution in [2.75, 3.05) is 0 Å². The molecule has 3 aromatic rings. The summed E-state index contributed by atoms with van der Waals surface area (Å²) in [6.45, 7) is 1.87. The Bertz CT molecular complexity index is 751. The third kappa shape index (κ3) is 1.45. The predicted octanol–water partition coefficient (Wildman–Crippen LogP) is 2.58. The molecule has 86 valence electrons. The van der Waals surface area contributed by atoms with Crippen molar-refractivity contribution < 1.29 is 0 Å². The second-order valence-electron chi connectivity index (χ2n) is 4.03. The van der Waals surface area contributed by atoms with Crippen molar-refractivity contribution in [2.24, 2.45) is 0 Å². The van der Waals surface area contributed by atoms with Gasteiger partial charge in [0.25, 0.3) is 0 Å². The molecule has 18 heavy (non-hydrogen) atoms. The van der Waals surface area contributed by atoms with E-state index in [0.29, 0.717) is 5.56 Å². The minimum atomic E-state index is 0.546. The third-order valence-corrected chi connectivity index (χ3v) is 2.97. The van der Waals surface area contributed by atoms with E-state index < -0.39 is 0 Å². The van der Waals surface area contributed by atoms with Gasteiger partial charge in [-0.1, -0.05) is 30.3 Å². The highest BCUT2D eigenvalue weighted by atomic mass is 15.2. The van der Waals surface area contributed by atoms with Crippen molar-refractivity contribution in [3.8, 4) is 17.2 Å². The van der Waals surface area contributed by atoms with Crippen molar-refractivity contribution in [3.63, 3.8) is 0 Å². The van der Waals surface area contributed by atoms with Gasteiger partial charge in [0.15, 0.2) is 5.65 Å². The largest absolute Gasteiger partial charge is 0.235 e. The summed E-state index contributed by atoms with van der Waals surface area (Å²) in [7, 11) is 0. The first kappa shape index (κ1) is 10.5. The van der Waals surface area contributed by atoms with E-state index >= 15 is 0 Å². The molecule has 1 aromatic carbocycles. The smallest absolute Gasteiger partial charge is 0.163 e. The fourth-order valence-corrected chi connectivity index (χ4v) is 1.98. The van der Waals surface area contributed by atoms with Crippen molar-refractivity contribution in [1.82, 2.24) is 14.6 Å². The Morgan fingerprint density at radius 2 is 1.94 bits per heavy atom. The number of nitrogens with zero attached hydrogens (tertiary/aromatic N) is 4. The zero-order chi connectivity index (χ0) is 12.5. The molecule has 0 fully saturated rings. The lowest BCUT2D eigenvalue weighted by atomic mass is 10.1. The molecular formula is C14H10N4. The summed E-state index contributed by atoms with van der Waals surface area (Å²) in [6, 6.07) is 12.1. The molecule has 0 unspecified atom stereocenters. The summed E-state index contributed by atoms with van der Waals surface area (Å²) in [6.07, 6.45) is 3.38. The van der Waals surface area contributed by atoms with Crippen LogP contribution in [0.2, 0.25) is 0 Å². The van der Waals surface area contributed by atoms with Crippen molar-refractivity contribution in [3.05, 3.63) is 54.0 Å². The second-order valence-corrected chi connectivity index (χ2v) is 4.03. The van der Waals surface area contributed by atoms with Gasteiger partial charge in [0, 0.05) is 11.8 Å². The number of hydrogen-bond donors (Lipinski definition) is 0. The average Bonchev–Trinajstić information content (AvgIpc) is 2.85. The van der Waals surface area contributed by atoms with Crippen LogP contribution in [0.3, 0.4) is 0 Å². The van der Waals surface area contributed by atoms with E-state index in [9.17, 15) is 0 Å². The molecule has 2 heterocycles. The number of aromatic nitrogens is 3. The molecule has 0 aliphatic carbocycles. The zero-order valence-corrected chi connectivity index (χ0v) is 9.83. The summed E-state index contributed by atoms with van der Waals surface area (Å²) in [5.74, 6) is 0. The highest BCUT2D eigenvalue weighted by Crippen LogP contribution is 2.23. The van der Waals surface area contributed by atoms with E-state index in [4.69, 9.17) is 5.26 Å². The van der Waals surface area contributed by atoms with E-state index in [1.807, 2.05) is 37.3 Å². The maximum Gasteiger partial charge on any atom is 0.163 e. The fourth-order valence-electron chi connectivity index (χ4n) is 1.98. The van der Waals surface area contributed by atoms with Gasteiger partial charge < -0.3 is 0 Å². The van der Waals surface area contributed by atoms with Crippen molar-refractivity contribution in [2.45, 2.75) is 6.92 Å². The van der Waals surface area contributed by atoms with E-state index in [-0.39, 0.29) is 0 Å². The Morgan fingerprint density at radius 1 is 1.17 bits per heavy atom. The van der Waals surface area contributed by atoms with Crippen LogP contribution in [0.25, 0.3) is 16.8 Å². The SMILES string of the molecule is Cc1c(C#N)cnc2c(-c3ccccc3)cnn12. The Balaban J connectivity index is 2.29. The highest BCUT2D eigenvalue weighted by Gasteiger charge is 2.11. The van der Waals surface area contributed by atoms with Gasteiger partial charge >= 0.3 is 0 Å². The van der Waals surface area contributed by atoms with E-state index in [2.05, 4.69) is 16.2 Å². The Morgan fingerprint density at radius 3 is 2.67 bits per heavy atom. The summed E-state index contributed by atoms with van der Waals surface area (Å²) >= 11 is 0. The van der Waals surface area contributed by atoms with Gasteiger partial charge in [0.2, 0.25) is 0 Å². The lowest BCUT2D eigenvalue weighted by Gasteiger charge is -2.02. The first-order valence-corrected chi connectivity index (χ1v) is 5.60. The first-order chi connectivity index (χ1) is 8.81. The van der Waals surface area contributed by atoms with E-state index in [1.165, 1.54) is 0 Å². The molecule has 4 heteroatoms. The normalized spacial score (nSPS) is 10.4. The van der Waals surface area contributed by atoms with Crippen molar-refractivity contribution >= 4 is 5.65 Å². The molecule has 0 aliphatic rings. The van der Waals surface area contributed by atoms with Crippen LogP contribution in [0, 0.1) is 18.3 Å². The molecule has 4 nitrogen and oxygen atoms in total. The molecule has 0 spiro atoms. The summed E-state index contributed by atoms with van der Waals surface area (Å²) in [5.41, 5.74) is 4.18. The van der Waals surface area contributed by atoms with Gasteiger partial charge in [-0.05, 0) is 12.5 Å². The molecule has 2 aromatic heterocycles. The molecule has 3 rings (SSSR count). The topological polar surface area (TPSA) is 54.0 Å². The molecule has 0 atom stereocenters. The molecule has 0 aliphatic heterocycles. The number of rotatable bonds is 1. The van der Waals surface area contributed by atoms with Crippen LogP contribution < -0.4 is 0 Å². The average molecular weight is 234 g/mol. The third-order valence-electron chi connectivity index (χ3n) is 2.97. The highest BCUT2D eigenvalue weighted by molar-refractivity contribution is 5.77. The Labute approximate surface area is 104 Å². The summed E-state index contributed by atoms with van der Waals surface area (Å²) in [5, 5.41) is 13.3. The van der Waals surface area contributed by atoms with Gasteiger partial charge in [0.05, 0.1) is 17.5 Å². The van der Waals surface area contributed by atoms with E-state index in [1.54, 1.807) is 16.9 Å². The van der Waals surface area contributed by atoms with Gasteiger partial charge in [-0.15, -0.1) is 0 Å². The Kier molecular flexibility index (Phi) is 2.31. The monoisotopic (exact) mass is 234 g/mol. The first-order valence-electron chi connectivity index (χ1n) is 5.60.